The van der Waals surface area contributed by atoms with E-state index in [-0.39, 0.29) is 0 Å². The number of benzene rings is 1. The van der Waals surface area contributed by atoms with E-state index in [1.54, 1.807) is 24.3 Å². The molecule has 1 aromatic carbocycles. The van der Waals surface area contributed by atoms with Gasteiger partial charge in [0.1, 0.15) is 6.54 Å². The summed E-state index contributed by atoms with van der Waals surface area (Å²) in [5.74, 6) is -1.04. The van der Waals surface area contributed by atoms with Crippen molar-refractivity contribution in [1.82, 2.24) is 10.2 Å². The maximum absolute atomic E-state index is 12.2. The number of amides is 1. The molecule has 1 fully saturated rings. The number of carbonyl (C=O) groups excluding carboxylic acids is 2. The largest absolute Gasteiger partial charge is 0.465 e. The van der Waals surface area contributed by atoms with Crippen LogP contribution in [0, 0.1) is 0 Å². The fraction of sp³-hybridized carbons (Fsp3) is 0.500. The fourth-order valence-corrected chi connectivity index (χ4v) is 2.72. The molecule has 0 bridgehead atoms. The van der Waals surface area contributed by atoms with E-state index >= 15 is 0 Å². The van der Waals surface area contributed by atoms with Crippen molar-refractivity contribution in [2.45, 2.75) is 31.6 Å². The first-order valence-electron chi connectivity index (χ1n) is 7.56. The predicted molar refractivity (Wildman–Crippen MR) is 80.3 cm³/mol. The van der Waals surface area contributed by atoms with Gasteiger partial charge in [-0.15, -0.1) is 0 Å². The molecule has 0 aromatic heterocycles. The number of hydrogen-bond donors (Lipinski definition) is 1. The van der Waals surface area contributed by atoms with Crippen LogP contribution in [0.5, 0.6) is 0 Å². The Labute approximate surface area is 137 Å². The summed E-state index contributed by atoms with van der Waals surface area (Å²) in [7, 11) is 1.30. The molecule has 24 heavy (non-hydrogen) atoms. The Kier molecular flexibility index (Phi) is 5.82. The van der Waals surface area contributed by atoms with E-state index in [0.717, 1.165) is 12.0 Å². The maximum Gasteiger partial charge on any atom is 0.405 e. The van der Waals surface area contributed by atoms with E-state index in [0.29, 0.717) is 25.1 Å². The van der Waals surface area contributed by atoms with Gasteiger partial charge in [0.25, 0.3) is 0 Å². The minimum absolute atomic E-state index is 0.419. The van der Waals surface area contributed by atoms with Crippen molar-refractivity contribution >= 4 is 11.9 Å². The highest BCUT2D eigenvalue weighted by molar-refractivity contribution is 5.89. The molecule has 132 valence electrons. The van der Waals surface area contributed by atoms with Crippen molar-refractivity contribution in [3.63, 3.8) is 0 Å². The van der Waals surface area contributed by atoms with Gasteiger partial charge in [0.05, 0.1) is 18.7 Å². The second kappa shape index (κ2) is 7.65. The molecule has 0 aliphatic carbocycles. The number of methoxy groups -OCH3 is 1. The first kappa shape index (κ1) is 18.3. The third kappa shape index (κ3) is 4.95. The average Bonchev–Trinajstić information content (AvgIpc) is 3.00. The average molecular weight is 344 g/mol. The van der Waals surface area contributed by atoms with Gasteiger partial charge in [0, 0.05) is 6.54 Å². The van der Waals surface area contributed by atoms with Crippen molar-refractivity contribution in [3.05, 3.63) is 35.4 Å². The highest BCUT2D eigenvalue weighted by Crippen LogP contribution is 2.21. The minimum Gasteiger partial charge on any atom is -0.465 e. The molecule has 1 saturated heterocycles. The zero-order valence-corrected chi connectivity index (χ0v) is 13.2. The lowest BCUT2D eigenvalue weighted by atomic mass is 10.1. The third-order valence-electron chi connectivity index (χ3n) is 3.89. The summed E-state index contributed by atoms with van der Waals surface area (Å²) < 4.78 is 41.3. The number of alkyl halides is 3. The van der Waals surface area contributed by atoms with Crippen LogP contribution >= 0.6 is 0 Å². The smallest absolute Gasteiger partial charge is 0.405 e. The number of nitrogens with one attached hydrogen (secondary N) is 1. The molecule has 1 heterocycles. The molecule has 5 nitrogen and oxygen atoms in total. The van der Waals surface area contributed by atoms with Gasteiger partial charge in [-0.1, -0.05) is 12.1 Å². The van der Waals surface area contributed by atoms with Crippen LogP contribution in [0.25, 0.3) is 0 Å². The van der Waals surface area contributed by atoms with Gasteiger partial charge in [-0.2, -0.15) is 13.2 Å². The van der Waals surface area contributed by atoms with Crippen LogP contribution in [0.1, 0.15) is 28.8 Å². The van der Waals surface area contributed by atoms with E-state index in [1.165, 1.54) is 7.11 Å². The third-order valence-corrected chi connectivity index (χ3v) is 3.89. The number of halogens is 3. The minimum atomic E-state index is -4.41. The lowest BCUT2D eigenvalue weighted by Gasteiger charge is -2.24. The van der Waals surface area contributed by atoms with E-state index in [9.17, 15) is 22.8 Å². The molecule has 0 unspecified atom stereocenters. The van der Waals surface area contributed by atoms with Gasteiger partial charge in [-0.05, 0) is 37.1 Å². The van der Waals surface area contributed by atoms with Crippen LogP contribution in [-0.4, -0.2) is 49.2 Å². The number of carbonyl (C=O) groups is 2. The molecule has 1 aromatic rings. The molecular weight excluding hydrogens is 325 g/mol. The zero-order chi connectivity index (χ0) is 17.7. The molecule has 2 rings (SSSR count). The van der Waals surface area contributed by atoms with Crippen molar-refractivity contribution in [1.29, 1.82) is 0 Å². The van der Waals surface area contributed by atoms with Gasteiger partial charge < -0.3 is 10.1 Å². The van der Waals surface area contributed by atoms with Crippen LogP contribution < -0.4 is 5.32 Å². The second-order valence-corrected chi connectivity index (χ2v) is 5.65. The van der Waals surface area contributed by atoms with E-state index in [4.69, 9.17) is 0 Å². The summed E-state index contributed by atoms with van der Waals surface area (Å²) in [4.78, 5) is 25.2. The lowest BCUT2D eigenvalue weighted by Crippen LogP contribution is -2.45. The summed E-state index contributed by atoms with van der Waals surface area (Å²) in [6.07, 6.45) is -3.13. The van der Waals surface area contributed by atoms with Gasteiger partial charge in [0.15, 0.2) is 0 Å². The Morgan fingerprint density at radius 2 is 1.96 bits per heavy atom. The second-order valence-electron chi connectivity index (χ2n) is 5.65. The Hall–Kier alpha value is -2.09. The number of likely N-dealkylation sites (tertiary alicyclic amines) is 1. The van der Waals surface area contributed by atoms with Gasteiger partial charge in [-0.3, -0.25) is 9.69 Å². The summed E-state index contributed by atoms with van der Waals surface area (Å²) >= 11 is 0. The Morgan fingerprint density at radius 1 is 1.29 bits per heavy atom. The van der Waals surface area contributed by atoms with Gasteiger partial charge >= 0.3 is 12.1 Å². The quantitative estimate of drug-likeness (QED) is 0.832. The highest BCUT2D eigenvalue weighted by atomic mass is 19.4. The summed E-state index contributed by atoms with van der Waals surface area (Å²) in [5.41, 5.74) is 1.29. The number of nitrogens with zero attached hydrogens (tertiary/aromatic N) is 1. The number of hydrogen-bond acceptors (Lipinski definition) is 4. The van der Waals surface area contributed by atoms with Crippen LogP contribution in [0.3, 0.4) is 0 Å². The molecule has 0 radical (unpaired) electrons. The molecule has 0 spiro atoms. The van der Waals surface area contributed by atoms with E-state index in [2.05, 4.69) is 4.74 Å². The molecule has 8 heteroatoms. The van der Waals surface area contributed by atoms with E-state index in [1.807, 2.05) is 10.2 Å². The maximum atomic E-state index is 12.2. The summed E-state index contributed by atoms with van der Waals surface area (Å²) in [5, 5.41) is 1.95. The Morgan fingerprint density at radius 3 is 2.54 bits per heavy atom. The SMILES string of the molecule is COC(=O)c1ccc(CN2CCC[C@H]2C(=O)NCC(F)(F)F)cc1. The molecule has 1 aliphatic heterocycles. The Balaban J connectivity index is 1.95. The summed E-state index contributed by atoms with van der Waals surface area (Å²) in [6.45, 7) is -0.238. The molecule has 0 saturated carbocycles. The lowest BCUT2D eigenvalue weighted by molar-refractivity contribution is -0.141. The van der Waals surface area contributed by atoms with Gasteiger partial charge in [0.2, 0.25) is 5.91 Å². The number of rotatable bonds is 5. The van der Waals surface area contributed by atoms with E-state index < -0.39 is 30.6 Å². The molecule has 1 N–H and O–H groups in total. The van der Waals surface area contributed by atoms with Crippen molar-refractivity contribution in [2.24, 2.45) is 0 Å². The summed E-state index contributed by atoms with van der Waals surface area (Å²) in [6, 6.07) is 6.17. The first-order chi connectivity index (χ1) is 11.3. The monoisotopic (exact) mass is 344 g/mol. The van der Waals surface area contributed by atoms with Crippen molar-refractivity contribution in [2.75, 3.05) is 20.2 Å². The van der Waals surface area contributed by atoms with Crippen LogP contribution in [-0.2, 0) is 16.1 Å². The normalized spacial score (nSPS) is 18.4. The van der Waals surface area contributed by atoms with Crippen LogP contribution in [0.2, 0.25) is 0 Å². The van der Waals surface area contributed by atoms with Crippen LogP contribution in [0.4, 0.5) is 13.2 Å². The van der Waals surface area contributed by atoms with Crippen LogP contribution in [0.15, 0.2) is 24.3 Å². The number of esters is 1. The molecular formula is C16H19F3N2O3. The fourth-order valence-electron chi connectivity index (χ4n) is 2.72. The topological polar surface area (TPSA) is 58.6 Å². The predicted octanol–water partition coefficient (Wildman–Crippen LogP) is 2.12. The molecule has 1 amide bonds. The van der Waals surface area contributed by atoms with Crippen molar-refractivity contribution in [3.8, 4) is 0 Å². The molecule has 1 atom stereocenters. The number of ether oxygens (including phenoxy) is 1. The zero-order valence-electron chi connectivity index (χ0n) is 13.2. The Bertz CT molecular complexity index is 587. The molecule has 1 aliphatic rings. The standard InChI is InChI=1S/C16H19F3N2O3/c1-24-15(23)12-6-4-11(5-7-12)9-21-8-2-3-13(21)14(22)20-10-16(17,18)19/h4-7,13H,2-3,8-10H2,1H3,(H,20,22)/t13-/m0/s1. The van der Waals surface area contributed by atoms with Crippen molar-refractivity contribution < 1.29 is 27.5 Å². The highest BCUT2D eigenvalue weighted by Gasteiger charge is 2.34. The van der Waals surface area contributed by atoms with Gasteiger partial charge in [-0.25, -0.2) is 4.79 Å². The first-order valence-corrected chi connectivity index (χ1v) is 7.56.